The summed E-state index contributed by atoms with van der Waals surface area (Å²) in [4.78, 5) is 22.3. The summed E-state index contributed by atoms with van der Waals surface area (Å²) in [5.41, 5.74) is 0.208. The standard InChI is InChI=1S/C11H14N2O4/c1-3-12-11(16)13-9-6-7(17-2)4-5-8(9)10(14)15/h4-6H,3H2,1-2H3,(H,14,15)(H2,12,13,16). The highest BCUT2D eigenvalue weighted by Crippen LogP contribution is 2.22. The van der Waals surface area contributed by atoms with Gasteiger partial charge in [-0.2, -0.15) is 0 Å². The van der Waals surface area contributed by atoms with E-state index in [1.807, 2.05) is 0 Å². The van der Waals surface area contributed by atoms with Crippen molar-refractivity contribution in [2.24, 2.45) is 0 Å². The maximum atomic E-state index is 11.3. The summed E-state index contributed by atoms with van der Waals surface area (Å²) in [6.45, 7) is 2.22. The largest absolute Gasteiger partial charge is 0.497 e. The van der Waals surface area contributed by atoms with E-state index in [9.17, 15) is 9.59 Å². The number of benzene rings is 1. The lowest BCUT2D eigenvalue weighted by Gasteiger charge is -2.10. The van der Waals surface area contributed by atoms with Crippen LogP contribution >= 0.6 is 0 Å². The van der Waals surface area contributed by atoms with Crippen molar-refractivity contribution in [2.75, 3.05) is 19.0 Å². The normalized spacial score (nSPS) is 9.53. The summed E-state index contributed by atoms with van der Waals surface area (Å²) in [6.07, 6.45) is 0. The Labute approximate surface area is 98.6 Å². The Morgan fingerprint density at radius 2 is 2.12 bits per heavy atom. The number of carboxylic acids is 1. The van der Waals surface area contributed by atoms with Gasteiger partial charge in [-0.3, -0.25) is 0 Å². The molecule has 0 heterocycles. The number of nitrogens with one attached hydrogen (secondary N) is 2. The molecule has 17 heavy (non-hydrogen) atoms. The highest BCUT2D eigenvalue weighted by atomic mass is 16.5. The van der Waals surface area contributed by atoms with Crippen LogP contribution in [0.5, 0.6) is 5.75 Å². The first kappa shape index (κ1) is 12.8. The van der Waals surface area contributed by atoms with Gasteiger partial charge in [0.15, 0.2) is 0 Å². The lowest BCUT2D eigenvalue weighted by Crippen LogP contribution is -2.28. The Morgan fingerprint density at radius 1 is 1.41 bits per heavy atom. The van der Waals surface area contributed by atoms with Gasteiger partial charge in [0, 0.05) is 12.6 Å². The second kappa shape index (κ2) is 5.74. The smallest absolute Gasteiger partial charge is 0.337 e. The van der Waals surface area contributed by atoms with Crippen LogP contribution in [-0.2, 0) is 0 Å². The lowest BCUT2D eigenvalue weighted by atomic mass is 10.1. The molecule has 3 N–H and O–H groups in total. The van der Waals surface area contributed by atoms with E-state index in [0.717, 1.165) is 0 Å². The van der Waals surface area contributed by atoms with Gasteiger partial charge in [0.25, 0.3) is 0 Å². The van der Waals surface area contributed by atoms with Gasteiger partial charge >= 0.3 is 12.0 Å². The number of carbonyl (C=O) groups is 2. The highest BCUT2D eigenvalue weighted by Gasteiger charge is 2.13. The molecule has 0 aliphatic carbocycles. The van der Waals surface area contributed by atoms with Crippen LogP contribution in [-0.4, -0.2) is 30.8 Å². The van der Waals surface area contributed by atoms with Crippen LogP contribution in [0, 0.1) is 0 Å². The molecule has 2 amide bonds. The molecule has 0 unspecified atom stereocenters. The molecular formula is C11H14N2O4. The van der Waals surface area contributed by atoms with Crippen molar-refractivity contribution in [2.45, 2.75) is 6.92 Å². The number of aromatic carboxylic acids is 1. The van der Waals surface area contributed by atoms with Crippen molar-refractivity contribution in [1.29, 1.82) is 0 Å². The lowest BCUT2D eigenvalue weighted by molar-refractivity contribution is 0.0698. The molecule has 0 atom stereocenters. The molecule has 0 radical (unpaired) electrons. The molecule has 1 aromatic rings. The monoisotopic (exact) mass is 238 g/mol. The first-order valence-corrected chi connectivity index (χ1v) is 5.04. The zero-order valence-electron chi connectivity index (χ0n) is 9.61. The van der Waals surface area contributed by atoms with Crippen LogP contribution < -0.4 is 15.4 Å². The maximum absolute atomic E-state index is 11.3. The summed E-state index contributed by atoms with van der Waals surface area (Å²) < 4.78 is 4.97. The van der Waals surface area contributed by atoms with Crippen molar-refractivity contribution < 1.29 is 19.4 Å². The molecule has 0 saturated carbocycles. The summed E-state index contributed by atoms with van der Waals surface area (Å²) in [5.74, 6) is -0.638. The van der Waals surface area contributed by atoms with E-state index < -0.39 is 12.0 Å². The fraction of sp³-hybridized carbons (Fsp3) is 0.273. The summed E-state index contributed by atoms with van der Waals surface area (Å²) in [7, 11) is 1.46. The van der Waals surface area contributed by atoms with E-state index >= 15 is 0 Å². The molecule has 1 rings (SSSR count). The quantitative estimate of drug-likeness (QED) is 0.742. The third-order valence-electron chi connectivity index (χ3n) is 2.04. The van der Waals surface area contributed by atoms with Gasteiger partial charge in [0.1, 0.15) is 5.75 Å². The van der Waals surface area contributed by atoms with Gasteiger partial charge in [-0.05, 0) is 19.1 Å². The first-order valence-electron chi connectivity index (χ1n) is 5.04. The topological polar surface area (TPSA) is 87.7 Å². The molecule has 0 aliphatic rings. The van der Waals surface area contributed by atoms with Crippen molar-refractivity contribution >= 4 is 17.7 Å². The van der Waals surface area contributed by atoms with Crippen molar-refractivity contribution in [3.05, 3.63) is 23.8 Å². The predicted molar refractivity (Wildman–Crippen MR) is 62.6 cm³/mol. The maximum Gasteiger partial charge on any atom is 0.337 e. The second-order valence-electron chi connectivity index (χ2n) is 3.20. The van der Waals surface area contributed by atoms with Crippen LogP contribution in [0.25, 0.3) is 0 Å². The number of hydrogen-bond donors (Lipinski definition) is 3. The van der Waals surface area contributed by atoms with Crippen LogP contribution in [0.4, 0.5) is 10.5 Å². The number of urea groups is 1. The van der Waals surface area contributed by atoms with Gasteiger partial charge in [-0.25, -0.2) is 9.59 Å². The van der Waals surface area contributed by atoms with Crippen LogP contribution in [0.1, 0.15) is 17.3 Å². The minimum atomic E-state index is -1.11. The molecule has 92 valence electrons. The SMILES string of the molecule is CCNC(=O)Nc1cc(OC)ccc1C(=O)O. The van der Waals surface area contributed by atoms with Crippen LogP contribution in [0.2, 0.25) is 0 Å². The van der Waals surface area contributed by atoms with E-state index in [0.29, 0.717) is 12.3 Å². The molecule has 0 aromatic heterocycles. The highest BCUT2D eigenvalue weighted by molar-refractivity contribution is 6.00. The number of hydrogen-bond acceptors (Lipinski definition) is 3. The average Bonchev–Trinajstić information content (AvgIpc) is 2.28. The number of amides is 2. The molecule has 0 bridgehead atoms. The molecular weight excluding hydrogens is 224 g/mol. The third kappa shape index (κ3) is 3.37. The number of methoxy groups -OCH3 is 1. The molecule has 0 spiro atoms. The molecule has 6 heteroatoms. The Morgan fingerprint density at radius 3 is 2.65 bits per heavy atom. The van der Waals surface area contributed by atoms with E-state index in [1.165, 1.54) is 25.3 Å². The predicted octanol–water partition coefficient (Wildman–Crippen LogP) is 1.53. The van der Waals surface area contributed by atoms with E-state index in [2.05, 4.69) is 10.6 Å². The fourth-order valence-corrected chi connectivity index (χ4v) is 1.27. The van der Waals surface area contributed by atoms with Gasteiger partial charge in [0.05, 0.1) is 18.4 Å². The summed E-state index contributed by atoms with van der Waals surface area (Å²) in [6, 6.07) is 3.90. The third-order valence-corrected chi connectivity index (χ3v) is 2.04. The molecule has 0 aliphatic heterocycles. The fourth-order valence-electron chi connectivity index (χ4n) is 1.27. The van der Waals surface area contributed by atoms with E-state index in [-0.39, 0.29) is 11.3 Å². The van der Waals surface area contributed by atoms with Crippen molar-refractivity contribution in [1.82, 2.24) is 5.32 Å². The van der Waals surface area contributed by atoms with E-state index in [1.54, 1.807) is 6.92 Å². The number of rotatable bonds is 4. The number of carboxylic acid groups (broad SMARTS) is 1. The Bertz CT molecular complexity index is 431. The summed E-state index contributed by atoms with van der Waals surface area (Å²) >= 11 is 0. The molecule has 1 aromatic carbocycles. The number of carbonyl (C=O) groups excluding carboxylic acids is 1. The molecule has 0 saturated heterocycles. The van der Waals surface area contributed by atoms with Crippen LogP contribution in [0.3, 0.4) is 0 Å². The Balaban J connectivity index is 3.00. The van der Waals surface area contributed by atoms with Crippen molar-refractivity contribution in [3.8, 4) is 5.75 Å². The van der Waals surface area contributed by atoms with Gasteiger partial charge in [-0.1, -0.05) is 0 Å². The Hall–Kier alpha value is -2.24. The second-order valence-corrected chi connectivity index (χ2v) is 3.20. The zero-order valence-corrected chi connectivity index (χ0v) is 9.61. The van der Waals surface area contributed by atoms with Crippen LogP contribution in [0.15, 0.2) is 18.2 Å². The molecule has 6 nitrogen and oxygen atoms in total. The summed E-state index contributed by atoms with van der Waals surface area (Å²) in [5, 5.41) is 13.9. The number of anilines is 1. The van der Waals surface area contributed by atoms with E-state index in [4.69, 9.17) is 9.84 Å². The average molecular weight is 238 g/mol. The van der Waals surface area contributed by atoms with Gasteiger partial charge < -0.3 is 20.5 Å². The van der Waals surface area contributed by atoms with Crippen molar-refractivity contribution in [3.63, 3.8) is 0 Å². The van der Waals surface area contributed by atoms with Gasteiger partial charge in [0.2, 0.25) is 0 Å². The minimum Gasteiger partial charge on any atom is -0.497 e. The van der Waals surface area contributed by atoms with Gasteiger partial charge in [-0.15, -0.1) is 0 Å². The molecule has 0 fully saturated rings. The minimum absolute atomic E-state index is 0.0112. The number of ether oxygens (including phenoxy) is 1. The first-order chi connectivity index (χ1) is 8.08. The Kier molecular flexibility index (Phi) is 4.33. The zero-order chi connectivity index (χ0) is 12.8.